The fourth-order valence-electron chi connectivity index (χ4n) is 3.00. The van der Waals surface area contributed by atoms with Gasteiger partial charge in [-0.3, -0.25) is 0 Å². The number of rotatable bonds is 3. The van der Waals surface area contributed by atoms with Gasteiger partial charge in [0.1, 0.15) is 5.75 Å². The van der Waals surface area contributed by atoms with Crippen LogP contribution in [0.15, 0.2) is 18.2 Å². The van der Waals surface area contributed by atoms with Crippen molar-refractivity contribution < 1.29 is 4.74 Å². The molecule has 1 heterocycles. The molecular weight excluding hydrogens is 260 g/mol. The minimum Gasteiger partial charge on any atom is -0.495 e. The number of anilines is 1. The normalized spacial score (nSPS) is 27.4. The highest BCUT2D eigenvalue weighted by atomic mass is 35.5. The van der Waals surface area contributed by atoms with Gasteiger partial charge in [-0.15, -0.1) is 0 Å². The maximum absolute atomic E-state index is 6.14. The number of hydrogen-bond acceptors (Lipinski definition) is 3. The van der Waals surface area contributed by atoms with Gasteiger partial charge in [-0.1, -0.05) is 18.5 Å². The summed E-state index contributed by atoms with van der Waals surface area (Å²) in [4.78, 5) is 2.41. The molecule has 106 valence electrons. The summed E-state index contributed by atoms with van der Waals surface area (Å²) >= 11 is 6.14. The maximum Gasteiger partial charge on any atom is 0.142 e. The topological polar surface area (TPSA) is 24.5 Å². The Balaban J connectivity index is 2.29. The SMILES string of the molecule is CNC1CCN(c2cc(Cl)ccc2OC)C(C)C1C. The molecule has 19 heavy (non-hydrogen) atoms. The molecule has 1 aromatic rings. The Bertz CT molecular complexity index is 438. The molecule has 0 bridgehead atoms. The van der Waals surface area contributed by atoms with Gasteiger partial charge in [-0.05, 0) is 44.5 Å². The molecule has 2 rings (SSSR count). The van der Waals surface area contributed by atoms with Gasteiger partial charge in [0.25, 0.3) is 0 Å². The van der Waals surface area contributed by atoms with Crippen molar-refractivity contribution in [3.8, 4) is 5.75 Å². The highest BCUT2D eigenvalue weighted by molar-refractivity contribution is 6.30. The van der Waals surface area contributed by atoms with Crippen LogP contribution in [0.3, 0.4) is 0 Å². The van der Waals surface area contributed by atoms with Crippen LogP contribution in [0.4, 0.5) is 5.69 Å². The van der Waals surface area contributed by atoms with Gasteiger partial charge in [0, 0.05) is 23.7 Å². The molecule has 1 aromatic carbocycles. The van der Waals surface area contributed by atoms with Gasteiger partial charge in [-0.2, -0.15) is 0 Å². The fourth-order valence-corrected chi connectivity index (χ4v) is 3.17. The molecule has 0 aliphatic carbocycles. The molecule has 1 saturated heterocycles. The predicted octanol–water partition coefficient (Wildman–Crippen LogP) is 3.17. The second-order valence-corrected chi connectivity index (χ2v) is 5.73. The number of halogens is 1. The first-order chi connectivity index (χ1) is 9.08. The van der Waals surface area contributed by atoms with Crippen molar-refractivity contribution in [3.63, 3.8) is 0 Å². The van der Waals surface area contributed by atoms with Gasteiger partial charge in [0.2, 0.25) is 0 Å². The Labute approximate surface area is 120 Å². The minimum atomic E-state index is 0.457. The first-order valence-corrected chi connectivity index (χ1v) is 7.23. The molecule has 0 saturated carbocycles. The highest BCUT2D eigenvalue weighted by Crippen LogP contribution is 2.36. The lowest BCUT2D eigenvalue weighted by Crippen LogP contribution is -2.52. The van der Waals surface area contributed by atoms with Gasteiger partial charge in [0.05, 0.1) is 12.8 Å². The third-order valence-electron chi connectivity index (χ3n) is 4.39. The average Bonchev–Trinajstić information content (AvgIpc) is 2.42. The zero-order valence-electron chi connectivity index (χ0n) is 12.1. The van der Waals surface area contributed by atoms with E-state index >= 15 is 0 Å². The first-order valence-electron chi connectivity index (χ1n) is 6.86. The third kappa shape index (κ3) is 2.82. The van der Waals surface area contributed by atoms with Crippen LogP contribution in [0, 0.1) is 5.92 Å². The monoisotopic (exact) mass is 282 g/mol. The van der Waals surface area contributed by atoms with E-state index in [1.165, 1.54) is 0 Å². The van der Waals surface area contributed by atoms with Crippen LogP contribution in [-0.2, 0) is 0 Å². The summed E-state index contributed by atoms with van der Waals surface area (Å²) in [6.45, 7) is 5.59. The van der Waals surface area contributed by atoms with Gasteiger partial charge in [-0.25, -0.2) is 0 Å². The molecule has 0 radical (unpaired) electrons. The quantitative estimate of drug-likeness (QED) is 0.922. The van der Waals surface area contributed by atoms with E-state index in [4.69, 9.17) is 16.3 Å². The van der Waals surface area contributed by atoms with Crippen LogP contribution in [-0.4, -0.2) is 32.8 Å². The molecule has 3 unspecified atom stereocenters. The molecule has 0 spiro atoms. The number of benzene rings is 1. The van der Waals surface area contributed by atoms with Crippen LogP contribution in [0.1, 0.15) is 20.3 Å². The third-order valence-corrected chi connectivity index (χ3v) is 4.62. The van der Waals surface area contributed by atoms with Crippen LogP contribution in [0.25, 0.3) is 0 Å². The Kier molecular flexibility index (Phi) is 4.58. The minimum absolute atomic E-state index is 0.457. The number of methoxy groups -OCH3 is 1. The molecule has 1 N–H and O–H groups in total. The summed E-state index contributed by atoms with van der Waals surface area (Å²) in [6, 6.07) is 6.86. The molecule has 1 fully saturated rings. The van der Waals surface area contributed by atoms with Crippen LogP contribution >= 0.6 is 11.6 Å². The van der Waals surface area contributed by atoms with E-state index in [1.54, 1.807) is 7.11 Å². The Morgan fingerprint density at radius 2 is 2.11 bits per heavy atom. The summed E-state index contributed by atoms with van der Waals surface area (Å²) in [5.74, 6) is 1.48. The smallest absolute Gasteiger partial charge is 0.142 e. The summed E-state index contributed by atoms with van der Waals surface area (Å²) in [5, 5.41) is 4.17. The number of hydrogen-bond donors (Lipinski definition) is 1. The predicted molar refractivity (Wildman–Crippen MR) is 81.4 cm³/mol. The van der Waals surface area contributed by atoms with Crippen LogP contribution < -0.4 is 15.0 Å². The first kappa shape index (κ1) is 14.5. The lowest BCUT2D eigenvalue weighted by atomic mass is 9.86. The molecule has 3 atom stereocenters. The van der Waals surface area contributed by atoms with Crippen molar-refractivity contribution in [3.05, 3.63) is 23.2 Å². The maximum atomic E-state index is 6.14. The molecule has 3 nitrogen and oxygen atoms in total. The Morgan fingerprint density at radius 3 is 2.74 bits per heavy atom. The van der Waals surface area contributed by atoms with E-state index in [-0.39, 0.29) is 0 Å². The van der Waals surface area contributed by atoms with Crippen molar-refractivity contribution in [1.29, 1.82) is 0 Å². The number of nitrogens with zero attached hydrogens (tertiary/aromatic N) is 1. The molecule has 0 aromatic heterocycles. The van der Waals surface area contributed by atoms with E-state index in [0.29, 0.717) is 18.0 Å². The average molecular weight is 283 g/mol. The van der Waals surface area contributed by atoms with E-state index in [0.717, 1.165) is 29.4 Å². The lowest BCUT2D eigenvalue weighted by Gasteiger charge is -2.44. The van der Waals surface area contributed by atoms with E-state index < -0.39 is 0 Å². The van der Waals surface area contributed by atoms with Gasteiger partial charge >= 0.3 is 0 Å². The summed E-state index contributed by atoms with van der Waals surface area (Å²) in [5.41, 5.74) is 1.10. The second-order valence-electron chi connectivity index (χ2n) is 5.29. The van der Waals surface area contributed by atoms with E-state index in [2.05, 4.69) is 24.1 Å². The zero-order chi connectivity index (χ0) is 14.0. The number of nitrogens with one attached hydrogen (secondary N) is 1. The molecular formula is C15H23ClN2O. The summed E-state index contributed by atoms with van der Waals surface area (Å²) < 4.78 is 5.47. The van der Waals surface area contributed by atoms with E-state index in [9.17, 15) is 0 Å². The van der Waals surface area contributed by atoms with Crippen molar-refractivity contribution in [2.24, 2.45) is 5.92 Å². The van der Waals surface area contributed by atoms with Crippen molar-refractivity contribution in [2.75, 3.05) is 25.6 Å². The van der Waals surface area contributed by atoms with Crippen molar-refractivity contribution in [1.82, 2.24) is 5.32 Å². The second kappa shape index (κ2) is 6.02. The van der Waals surface area contributed by atoms with Crippen molar-refractivity contribution in [2.45, 2.75) is 32.4 Å². The lowest BCUT2D eigenvalue weighted by molar-refractivity contribution is 0.280. The summed E-state index contributed by atoms with van der Waals surface area (Å²) in [7, 11) is 3.75. The standard InChI is InChI=1S/C15H23ClN2O/c1-10-11(2)18(8-7-13(10)17-3)14-9-12(16)5-6-15(14)19-4/h5-6,9-11,13,17H,7-8H2,1-4H3. The molecule has 1 aliphatic rings. The largest absolute Gasteiger partial charge is 0.495 e. The number of piperidine rings is 1. The van der Waals surface area contributed by atoms with Crippen molar-refractivity contribution >= 4 is 17.3 Å². The Hall–Kier alpha value is -0.930. The van der Waals surface area contributed by atoms with Gasteiger partial charge < -0.3 is 15.0 Å². The molecule has 4 heteroatoms. The number of ether oxygens (including phenoxy) is 1. The van der Waals surface area contributed by atoms with Crippen LogP contribution in [0.5, 0.6) is 5.75 Å². The highest BCUT2D eigenvalue weighted by Gasteiger charge is 2.32. The van der Waals surface area contributed by atoms with Crippen LogP contribution in [0.2, 0.25) is 5.02 Å². The fraction of sp³-hybridized carbons (Fsp3) is 0.600. The van der Waals surface area contributed by atoms with Gasteiger partial charge in [0.15, 0.2) is 0 Å². The molecule has 0 amide bonds. The summed E-state index contributed by atoms with van der Waals surface area (Å²) in [6.07, 6.45) is 1.14. The van der Waals surface area contributed by atoms with E-state index in [1.807, 2.05) is 25.2 Å². The zero-order valence-corrected chi connectivity index (χ0v) is 12.9. The Morgan fingerprint density at radius 1 is 1.37 bits per heavy atom. The molecule has 1 aliphatic heterocycles.